The zero-order valence-electron chi connectivity index (χ0n) is 9.76. The number of Topliss-reactive ketones (excluding diaryl/α,β-unsaturated/α-hetero) is 1. The van der Waals surface area contributed by atoms with Crippen LogP contribution in [-0.2, 0) is 13.5 Å². The largest absolute Gasteiger partial charge is 0.354 e. The molecular formula is C14H14N2O. The molecule has 1 aliphatic rings. The number of hydrogen-bond acceptors (Lipinski definition) is 2. The molecule has 1 atom stereocenters. The van der Waals surface area contributed by atoms with Crippen LogP contribution in [0, 0.1) is 0 Å². The van der Waals surface area contributed by atoms with Crippen LogP contribution in [0.2, 0.25) is 0 Å². The van der Waals surface area contributed by atoms with E-state index in [0.717, 1.165) is 29.8 Å². The first kappa shape index (κ1) is 10.3. The fourth-order valence-corrected chi connectivity index (χ4v) is 2.56. The molecule has 2 heterocycles. The van der Waals surface area contributed by atoms with E-state index in [2.05, 4.69) is 4.98 Å². The molecule has 0 saturated heterocycles. The van der Waals surface area contributed by atoms with Gasteiger partial charge in [-0.1, -0.05) is 6.07 Å². The zero-order valence-corrected chi connectivity index (χ0v) is 9.76. The summed E-state index contributed by atoms with van der Waals surface area (Å²) in [5.74, 6) is 0.150. The van der Waals surface area contributed by atoms with E-state index in [4.69, 9.17) is 0 Å². The Balaban J connectivity index is 2.00. The van der Waals surface area contributed by atoms with Gasteiger partial charge in [0.15, 0.2) is 5.78 Å². The van der Waals surface area contributed by atoms with Crippen LogP contribution in [-0.4, -0.2) is 15.3 Å². The number of carbonyl (C=O) groups is 1. The van der Waals surface area contributed by atoms with Crippen molar-refractivity contribution < 1.29 is 4.79 Å². The van der Waals surface area contributed by atoms with E-state index >= 15 is 0 Å². The molecule has 3 nitrogen and oxygen atoms in total. The molecule has 17 heavy (non-hydrogen) atoms. The van der Waals surface area contributed by atoms with Crippen molar-refractivity contribution in [3.63, 3.8) is 0 Å². The molecule has 0 N–H and O–H groups in total. The second kappa shape index (κ2) is 3.84. The molecule has 2 aromatic rings. The van der Waals surface area contributed by atoms with Crippen molar-refractivity contribution in [3.8, 4) is 0 Å². The predicted molar refractivity (Wildman–Crippen MR) is 65.0 cm³/mol. The van der Waals surface area contributed by atoms with Crippen molar-refractivity contribution in [2.45, 2.75) is 18.8 Å². The topological polar surface area (TPSA) is 34.9 Å². The summed E-state index contributed by atoms with van der Waals surface area (Å²) in [6.45, 7) is 0. The minimum Gasteiger partial charge on any atom is -0.354 e. The standard InChI is InChI=1S/C14H14N2O/c1-16-9-7-11-13(16)6-5-10(14(11)17)12-4-2-3-8-15-12/h2-4,7-10H,5-6H2,1H3. The third kappa shape index (κ3) is 1.58. The Morgan fingerprint density at radius 1 is 1.35 bits per heavy atom. The van der Waals surface area contributed by atoms with Crippen molar-refractivity contribution in [1.82, 2.24) is 9.55 Å². The monoisotopic (exact) mass is 226 g/mol. The van der Waals surface area contributed by atoms with Gasteiger partial charge in [0, 0.05) is 30.7 Å². The summed E-state index contributed by atoms with van der Waals surface area (Å²) >= 11 is 0. The van der Waals surface area contributed by atoms with Crippen molar-refractivity contribution in [3.05, 3.63) is 53.6 Å². The third-order valence-electron chi connectivity index (χ3n) is 3.50. The van der Waals surface area contributed by atoms with Gasteiger partial charge in [-0.05, 0) is 31.0 Å². The number of hydrogen-bond donors (Lipinski definition) is 0. The molecule has 3 rings (SSSR count). The first-order valence-electron chi connectivity index (χ1n) is 5.86. The number of aryl methyl sites for hydroxylation is 1. The van der Waals surface area contributed by atoms with Gasteiger partial charge in [-0.25, -0.2) is 0 Å². The summed E-state index contributed by atoms with van der Waals surface area (Å²) < 4.78 is 2.04. The summed E-state index contributed by atoms with van der Waals surface area (Å²) in [6, 6.07) is 7.68. The number of pyridine rings is 1. The highest BCUT2D eigenvalue weighted by Crippen LogP contribution is 2.31. The van der Waals surface area contributed by atoms with E-state index in [9.17, 15) is 4.79 Å². The van der Waals surface area contributed by atoms with Gasteiger partial charge in [0.25, 0.3) is 0 Å². The average Bonchev–Trinajstić information content (AvgIpc) is 2.74. The first-order valence-corrected chi connectivity index (χ1v) is 5.86. The first-order chi connectivity index (χ1) is 8.27. The van der Waals surface area contributed by atoms with Gasteiger partial charge in [0.1, 0.15) is 0 Å². The lowest BCUT2D eigenvalue weighted by atomic mass is 9.84. The van der Waals surface area contributed by atoms with Crippen LogP contribution < -0.4 is 0 Å². The highest BCUT2D eigenvalue weighted by atomic mass is 16.1. The molecule has 0 aliphatic heterocycles. The molecule has 0 radical (unpaired) electrons. The normalized spacial score (nSPS) is 19.1. The van der Waals surface area contributed by atoms with Crippen LogP contribution in [0.5, 0.6) is 0 Å². The number of nitrogens with zero attached hydrogens (tertiary/aromatic N) is 2. The van der Waals surface area contributed by atoms with Crippen molar-refractivity contribution >= 4 is 5.78 Å². The fraction of sp³-hybridized carbons (Fsp3) is 0.286. The SMILES string of the molecule is Cn1ccc2c1CCC(c1ccccn1)C2=O. The lowest BCUT2D eigenvalue weighted by Gasteiger charge is -2.21. The van der Waals surface area contributed by atoms with Gasteiger partial charge in [-0.2, -0.15) is 0 Å². The summed E-state index contributed by atoms with van der Waals surface area (Å²) in [6.07, 6.45) is 5.53. The minimum absolute atomic E-state index is 0.0638. The highest BCUT2D eigenvalue weighted by molar-refractivity contribution is 6.02. The van der Waals surface area contributed by atoms with Gasteiger partial charge < -0.3 is 4.57 Å². The maximum absolute atomic E-state index is 12.4. The summed E-state index contributed by atoms with van der Waals surface area (Å²) in [5.41, 5.74) is 2.92. The average molecular weight is 226 g/mol. The van der Waals surface area contributed by atoms with Crippen LogP contribution in [0.4, 0.5) is 0 Å². The highest BCUT2D eigenvalue weighted by Gasteiger charge is 2.30. The second-order valence-corrected chi connectivity index (χ2v) is 4.50. The molecule has 0 spiro atoms. The minimum atomic E-state index is -0.0638. The van der Waals surface area contributed by atoms with Crippen LogP contribution in [0.1, 0.15) is 34.1 Å². The molecule has 0 aromatic carbocycles. The van der Waals surface area contributed by atoms with E-state index in [1.165, 1.54) is 0 Å². The van der Waals surface area contributed by atoms with E-state index in [0.29, 0.717) is 0 Å². The number of carbonyl (C=O) groups excluding carboxylic acids is 1. The predicted octanol–water partition coefficient (Wildman–Crippen LogP) is 2.33. The number of aromatic nitrogens is 2. The molecule has 0 amide bonds. The van der Waals surface area contributed by atoms with E-state index in [1.54, 1.807) is 6.20 Å². The van der Waals surface area contributed by atoms with Crippen LogP contribution in [0.15, 0.2) is 36.7 Å². The molecule has 86 valence electrons. The number of ketones is 1. The lowest BCUT2D eigenvalue weighted by molar-refractivity contribution is 0.0943. The Labute approximate surface area is 100 Å². The summed E-state index contributed by atoms with van der Waals surface area (Å²) in [7, 11) is 1.99. The molecule has 2 aromatic heterocycles. The quantitative estimate of drug-likeness (QED) is 0.748. The molecule has 0 bridgehead atoms. The van der Waals surface area contributed by atoms with Crippen molar-refractivity contribution in [2.75, 3.05) is 0 Å². The van der Waals surface area contributed by atoms with Gasteiger partial charge in [-0.3, -0.25) is 9.78 Å². The molecule has 0 saturated carbocycles. The Hall–Kier alpha value is -1.90. The van der Waals surface area contributed by atoms with E-state index in [-0.39, 0.29) is 11.7 Å². The number of fused-ring (bicyclic) bond motifs is 1. The maximum Gasteiger partial charge on any atom is 0.173 e. The third-order valence-corrected chi connectivity index (χ3v) is 3.50. The zero-order chi connectivity index (χ0) is 11.8. The second-order valence-electron chi connectivity index (χ2n) is 4.50. The number of rotatable bonds is 1. The molecule has 3 heteroatoms. The van der Waals surface area contributed by atoms with E-state index < -0.39 is 0 Å². The maximum atomic E-state index is 12.4. The van der Waals surface area contributed by atoms with Crippen molar-refractivity contribution in [1.29, 1.82) is 0 Å². The molecule has 1 aliphatic carbocycles. The summed E-state index contributed by atoms with van der Waals surface area (Å²) in [5, 5.41) is 0. The lowest BCUT2D eigenvalue weighted by Crippen LogP contribution is -2.22. The Kier molecular flexibility index (Phi) is 2.32. The van der Waals surface area contributed by atoms with Gasteiger partial charge in [0.05, 0.1) is 11.6 Å². The van der Waals surface area contributed by atoms with Gasteiger partial charge in [-0.15, -0.1) is 0 Å². The molecular weight excluding hydrogens is 212 g/mol. The smallest absolute Gasteiger partial charge is 0.173 e. The Morgan fingerprint density at radius 3 is 3.00 bits per heavy atom. The molecule has 1 unspecified atom stereocenters. The van der Waals surface area contributed by atoms with Gasteiger partial charge in [0.2, 0.25) is 0 Å². The van der Waals surface area contributed by atoms with Crippen LogP contribution in [0.25, 0.3) is 0 Å². The van der Waals surface area contributed by atoms with Gasteiger partial charge >= 0.3 is 0 Å². The van der Waals surface area contributed by atoms with Crippen molar-refractivity contribution in [2.24, 2.45) is 7.05 Å². The Morgan fingerprint density at radius 2 is 2.24 bits per heavy atom. The fourth-order valence-electron chi connectivity index (χ4n) is 2.56. The molecule has 0 fully saturated rings. The van der Waals surface area contributed by atoms with Crippen LogP contribution in [0.3, 0.4) is 0 Å². The Bertz CT molecular complexity index is 557. The van der Waals surface area contributed by atoms with Crippen LogP contribution >= 0.6 is 0 Å². The van der Waals surface area contributed by atoms with E-state index in [1.807, 2.05) is 42.1 Å². The summed E-state index contributed by atoms with van der Waals surface area (Å²) in [4.78, 5) is 16.7.